The van der Waals surface area contributed by atoms with Gasteiger partial charge in [-0.2, -0.15) is 5.26 Å². The van der Waals surface area contributed by atoms with E-state index in [1.54, 1.807) is 24.3 Å². The van der Waals surface area contributed by atoms with Crippen LogP contribution in [0, 0.1) is 11.3 Å². The minimum Gasteiger partial charge on any atom is -0.364 e. The van der Waals surface area contributed by atoms with E-state index in [4.69, 9.17) is 5.26 Å². The minimum atomic E-state index is -0.300. The van der Waals surface area contributed by atoms with E-state index in [-0.39, 0.29) is 5.91 Å². The summed E-state index contributed by atoms with van der Waals surface area (Å²) < 4.78 is 4.56. The molecule has 0 fully saturated rings. The predicted molar refractivity (Wildman–Crippen MR) is 55.6 cm³/mol. The van der Waals surface area contributed by atoms with E-state index in [0.717, 1.165) is 0 Å². The third-order valence-corrected chi connectivity index (χ3v) is 1.97. The second kappa shape index (κ2) is 4.28. The van der Waals surface area contributed by atoms with Gasteiger partial charge in [0, 0.05) is 5.69 Å². The average Bonchev–Trinajstić information content (AvgIpc) is 2.83. The molecule has 16 heavy (non-hydrogen) atoms. The SMILES string of the molecule is N#Cc1ccc(NC(=O)c2cnoc2)cc1. The van der Waals surface area contributed by atoms with Gasteiger partial charge in [-0.1, -0.05) is 5.16 Å². The van der Waals surface area contributed by atoms with E-state index >= 15 is 0 Å². The van der Waals surface area contributed by atoms with Crippen molar-refractivity contribution in [3.8, 4) is 6.07 Å². The lowest BCUT2D eigenvalue weighted by atomic mass is 10.2. The molecular formula is C11H7N3O2. The molecule has 0 aliphatic rings. The molecule has 1 amide bonds. The van der Waals surface area contributed by atoms with Crippen LogP contribution >= 0.6 is 0 Å². The maximum atomic E-state index is 11.6. The summed E-state index contributed by atoms with van der Waals surface area (Å²) in [6.45, 7) is 0. The lowest BCUT2D eigenvalue weighted by molar-refractivity contribution is 0.102. The Bertz CT molecular complexity index is 523. The number of nitrogens with zero attached hydrogens (tertiary/aromatic N) is 2. The molecule has 0 radical (unpaired) electrons. The molecule has 0 bridgehead atoms. The summed E-state index contributed by atoms with van der Waals surface area (Å²) in [7, 11) is 0. The first kappa shape index (κ1) is 9.93. The molecule has 0 unspecified atom stereocenters. The summed E-state index contributed by atoms with van der Waals surface area (Å²) in [6, 6.07) is 8.57. The Kier molecular flexibility index (Phi) is 2.65. The highest BCUT2D eigenvalue weighted by Gasteiger charge is 2.07. The maximum Gasteiger partial charge on any atom is 0.260 e. The fourth-order valence-corrected chi connectivity index (χ4v) is 1.15. The third-order valence-electron chi connectivity index (χ3n) is 1.97. The Morgan fingerprint density at radius 1 is 1.38 bits per heavy atom. The first-order chi connectivity index (χ1) is 7.79. The van der Waals surface area contributed by atoms with Crippen LogP contribution in [0.15, 0.2) is 41.2 Å². The van der Waals surface area contributed by atoms with Gasteiger partial charge in [-0.25, -0.2) is 0 Å². The van der Waals surface area contributed by atoms with Crippen molar-refractivity contribution < 1.29 is 9.32 Å². The molecule has 1 aromatic carbocycles. The second-order valence-electron chi connectivity index (χ2n) is 3.06. The van der Waals surface area contributed by atoms with Crippen LogP contribution in [0.25, 0.3) is 0 Å². The molecule has 0 saturated carbocycles. The summed E-state index contributed by atoms with van der Waals surface area (Å²) in [4.78, 5) is 11.6. The molecule has 1 heterocycles. The molecule has 0 spiro atoms. The number of amides is 1. The summed E-state index contributed by atoms with van der Waals surface area (Å²) in [6.07, 6.45) is 2.60. The van der Waals surface area contributed by atoms with Gasteiger partial charge in [0.25, 0.3) is 5.91 Å². The number of carbonyl (C=O) groups excluding carboxylic acids is 1. The monoisotopic (exact) mass is 213 g/mol. The van der Waals surface area contributed by atoms with Gasteiger partial charge in [0.1, 0.15) is 6.26 Å². The van der Waals surface area contributed by atoms with Crippen molar-refractivity contribution in [1.29, 1.82) is 5.26 Å². The van der Waals surface area contributed by atoms with Crippen molar-refractivity contribution in [3.63, 3.8) is 0 Å². The van der Waals surface area contributed by atoms with Gasteiger partial charge < -0.3 is 9.84 Å². The number of nitrogens with one attached hydrogen (secondary N) is 1. The Morgan fingerprint density at radius 3 is 2.69 bits per heavy atom. The Labute approximate surface area is 91.3 Å². The van der Waals surface area contributed by atoms with E-state index < -0.39 is 0 Å². The van der Waals surface area contributed by atoms with Crippen molar-refractivity contribution in [2.75, 3.05) is 5.32 Å². The second-order valence-corrected chi connectivity index (χ2v) is 3.06. The van der Waals surface area contributed by atoms with Gasteiger partial charge in [0.2, 0.25) is 0 Å². The maximum absolute atomic E-state index is 11.6. The van der Waals surface area contributed by atoms with Crippen LogP contribution in [-0.2, 0) is 0 Å². The van der Waals surface area contributed by atoms with Crippen LogP contribution < -0.4 is 5.32 Å². The Hall–Kier alpha value is -2.61. The summed E-state index contributed by atoms with van der Waals surface area (Å²) in [5.74, 6) is -0.300. The predicted octanol–water partition coefficient (Wildman–Crippen LogP) is 1.80. The quantitative estimate of drug-likeness (QED) is 0.824. The fraction of sp³-hybridized carbons (Fsp3) is 0. The van der Waals surface area contributed by atoms with Gasteiger partial charge in [0.05, 0.1) is 23.4 Å². The van der Waals surface area contributed by atoms with Crippen LogP contribution in [0.5, 0.6) is 0 Å². The normalized spacial score (nSPS) is 9.44. The zero-order valence-electron chi connectivity index (χ0n) is 8.18. The molecule has 1 aromatic heterocycles. The molecule has 0 atom stereocenters. The smallest absolute Gasteiger partial charge is 0.260 e. The third kappa shape index (κ3) is 2.07. The van der Waals surface area contributed by atoms with Crippen LogP contribution in [-0.4, -0.2) is 11.1 Å². The van der Waals surface area contributed by atoms with Gasteiger partial charge in [-0.3, -0.25) is 4.79 Å². The van der Waals surface area contributed by atoms with Crippen molar-refractivity contribution in [2.45, 2.75) is 0 Å². The van der Waals surface area contributed by atoms with Crippen LogP contribution in [0.4, 0.5) is 5.69 Å². The summed E-state index contributed by atoms with van der Waals surface area (Å²) >= 11 is 0. The van der Waals surface area contributed by atoms with Crippen molar-refractivity contribution in [3.05, 3.63) is 47.9 Å². The molecular weight excluding hydrogens is 206 g/mol. The lowest BCUT2D eigenvalue weighted by Crippen LogP contribution is -2.10. The average molecular weight is 213 g/mol. The van der Waals surface area contributed by atoms with Crippen molar-refractivity contribution >= 4 is 11.6 Å². The van der Waals surface area contributed by atoms with Crippen LogP contribution in [0.2, 0.25) is 0 Å². The van der Waals surface area contributed by atoms with Gasteiger partial charge >= 0.3 is 0 Å². The summed E-state index contributed by atoms with van der Waals surface area (Å²) in [5, 5.41) is 14.7. The van der Waals surface area contributed by atoms with E-state index in [2.05, 4.69) is 15.0 Å². The largest absolute Gasteiger partial charge is 0.364 e. The minimum absolute atomic E-state index is 0.300. The number of rotatable bonds is 2. The van der Waals surface area contributed by atoms with Crippen LogP contribution in [0.1, 0.15) is 15.9 Å². The first-order valence-electron chi connectivity index (χ1n) is 4.50. The van der Waals surface area contributed by atoms with Crippen molar-refractivity contribution in [2.24, 2.45) is 0 Å². The number of aromatic nitrogens is 1. The lowest BCUT2D eigenvalue weighted by Gasteiger charge is -2.02. The van der Waals surface area contributed by atoms with E-state index in [1.165, 1.54) is 12.5 Å². The molecule has 5 heteroatoms. The highest BCUT2D eigenvalue weighted by atomic mass is 16.5. The molecule has 0 saturated heterocycles. The van der Waals surface area contributed by atoms with Gasteiger partial charge in [0.15, 0.2) is 0 Å². The van der Waals surface area contributed by atoms with E-state index in [1.807, 2.05) is 6.07 Å². The highest BCUT2D eigenvalue weighted by Crippen LogP contribution is 2.10. The molecule has 5 nitrogen and oxygen atoms in total. The number of carbonyl (C=O) groups is 1. The summed E-state index contributed by atoms with van der Waals surface area (Å²) in [5.41, 5.74) is 1.51. The van der Waals surface area contributed by atoms with Crippen LogP contribution in [0.3, 0.4) is 0 Å². The number of hydrogen-bond acceptors (Lipinski definition) is 4. The number of anilines is 1. The molecule has 0 aliphatic heterocycles. The molecule has 78 valence electrons. The topological polar surface area (TPSA) is 78.9 Å². The van der Waals surface area contributed by atoms with E-state index in [9.17, 15) is 4.79 Å². The fourth-order valence-electron chi connectivity index (χ4n) is 1.15. The number of benzene rings is 1. The molecule has 0 aliphatic carbocycles. The molecule has 1 N–H and O–H groups in total. The first-order valence-corrected chi connectivity index (χ1v) is 4.50. The number of hydrogen-bond donors (Lipinski definition) is 1. The molecule has 2 aromatic rings. The van der Waals surface area contributed by atoms with Crippen molar-refractivity contribution in [1.82, 2.24) is 5.16 Å². The van der Waals surface area contributed by atoms with Gasteiger partial charge in [-0.05, 0) is 24.3 Å². The van der Waals surface area contributed by atoms with Gasteiger partial charge in [-0.15, -0.1) is 0 Å². The number of nitriles is 1. The zero-order chi connectivity index (χ0) is 11.4. The standard InChI is InChI=1S/C11H7N3O2/c12-5-8-1-3-10(4-2-8)14-11(15)9-6-13-16-7-9/h1-4,6-7H,(H,14,15). The zero-order valence-corrected chi connectivity index (χ0v) is 8.18. The highest BCUT2D eigenvalue weighted by molar-refractivity contribution is 6.03. The molecule has 2 rings (SSSR count). The Morgan fingerprint density at radius 2 is 2.12 bits per heavy atom. The Balaban J connectivity index is 2.10. The van der Waals surface area contributed by atoms with E-state index in [0.29, 0.717) is 16.8 Å².